The van der Waals surface area contributed by atoms with E-state index in [4.69, 9.17) is 12.2 Å². The minimum absolute atomic E-state index is 0.102. The van der Waals surface area contributed by atoms with E-state index in [0.29, 0.717) is 17.0 Å². The Morgan fingerprint density at radius 1 is 1.48 bits per heavy atom. The van der Waals surface area contributed by atoms with E-state index in [1.54, 1.807) is 0 Å². The average Bonchev–Trinajstić information content (AvgIpc) is 2.87. The number of hydrogen-bond acceptors (Lipinski definition) is 5. The number of thioether (sulfide) groups is 1. The molecule has 0 aliphatic carbocycles. The summed E-state index contributed by atoms with van der Waals surface area (Å²) >= 11 is 4.72. The number of amides is 1. The number of aromatic amines is 1. The SMILES string of the molecule is CC(C)n1c(CCNC(=O)c2cccnc2SC(F)(F)F)n[nH]c1=S. The molecule has 136 valence electrons. The van der Waals surface area contributed by atoms with Crippen LogP contribution in [0.4, 0.5) is 13.2 Å². The van der Waals surface area contributed by atoms with Crippen LogP contribution in [0.1, 0.15) is 36.1 Å². The van der Waals surface area contributed by atoms with E-state index >= 15 is 0 Å². The summed E-state index contributed by atoms with van der Waals surface area (Å²) in [7, 11) is 0. The summed E-state index contributed by atoms with van der Waals surface area (Å²) in [5.41, 5.74) is -4.63. The van der Waals surface area contributed by atoms with Crippen LogP contribution in [0.2, 0.25) is 0 Å². The van der Waals surface area contributed by atoms with Crippen molar-refractivity contribution in [3.05, 3.63) is 34.5 Å². The third-order valence-electron chi connectivity index (χ3n) is 3.16. The molecule has 2 aromatic heterocycles. The highest BCUT2D eigenvalue weighted by Gasteiger charge is 2.32. The van der Waals surface area contributed by atoms with E-state index < -0.39 is 23.2 Å². The summed E-state index contributed by atoms with van der Waals surface area (Å²) in [6, 6.07) is 2.82. The Kier molecular flexibility index (Phi) is 6.22. The first-order valence-electron chi connectivity index (χ1n) is 7.34. The van der Waals surface area contributed by atoms with Gasteiger partial charge in [-0.3, -0.25) is 9.89 Å². The molecule has 2 heterocycles. The van der Waals surface area contributed by atoms with Gasteiger partial charge in [-0.2, -0.15) is 18.3 Å². The Morgan fingerprint density at radius 3 is 2.84 bits per heavy atom. The molecule has 2 rings (SSSR count). The highest BCUT2D eigenvalue weighted by atomic mass is 32.2. The van der Waals surface area contributed by atoms with Gasteiger partial charge in [0, 0.05) is 37.0 Å². The number of hydrogen-bond donors (Lipinski definition) is 2. The number of carbonyl (C=O) groups excluding carboxylic acids is 1. The Bertz CT molecular complexity index is 800. The first kappa shape index (κ1) is 19.4. The number of halogens is 3. The first-order valence-corrected chi connectivity index (χ1v) is 8.56. The van der Waals surface area contributed by atoms with Gasteiger partial charge >= 0.3 is 5.51 Å². The molecule has 1 amide bonds. The molecular formula is C14H16F3N5OS2. The monoisotopic (exact) mass is 391 g/mol. The van der Waals surface area contributed by atoms with Crippen molar-refractivity contribution in [1.29, 1.82) is 0 Å². The van der Waals surface area contributed by atoms with Crippen molar-refractivity contribution >= 4 is 29.9 Å². The van der Waals surface area contributed by atoms with Gasteiger partial charge in [0.15, 0.2) is 4.77 Å². The summed E-state index contributed by atoms with van der Waals surface area (Å²) < 4.78 is 39.9. The van der Waals surface area contributed by atoms with E-state index in [9.17, 15) is 18.0 Å². The van der Waals surface area contributed by atoms with Crippen molar-refractivity contribution in [2.75, 3.05) is 6.54 Å². The van der Waals surface area contributed by atoms with Crippen molar-refractivity contribution in [1.82, 2.24) is 25.1 Å². The quantitative estimate of drug-likeness (QED) is 0.582. The molecule has 2 aromatic rings. The molecule has 2 N–H and O–H groups in total. The maximum atomic E-state index is 12.5. The molecule has 0 saturated heterocycles. The molecule has 25 heavy (non-hydrogen) atoms. The van der Waals surface area contributed by atoms with Crippen molar-refractivity contribution in [2.45, 2.75) is 36.8 Å². The number of rotatable bonds is 6. The van der Waals surface area contributed by atoms with Crippen LogP contribution in [-0.2, 0) is 6.42 Å². The van der Waals surface area contributed by atoms with Gasteiger partial charge in [0.25, 0.3) is 5.91 Å². The maximum absolute atomic E-state index is 12.5. The third-order valence-corrected chi connectivity index (χ3v) is 4.19. The van der Waals surface area contributed by atoms with Gasteiger partial charge in [0.1, 0.15) is 10.9 Å². The maximum Gasteiger partial charge on any atom is 0.447 e. The molecule has 0 unspecified atom stereocenters. The number of nitrogens with one attached hydrogen (secondary N) is 2. The van der Waals surface area contributed by atoms with Gasteiger partial charge in [-0.25, -0.2) is 4.98 Å². The Morgan fingerprint density at radius 2 is 2.20 bits per heavy atom. The number of aromatic nitrogens is 4. The van der Waals surface area contributed by atoms with Gasteiger partial charge in [0.2, 0.25) is 0 Å². The molecule has 0 bridgehead atoms. The summed E-state index contributed by atoms with van der Waals surface area (Å²) in [4.78, 5) is 15.8. The summed E-state index contributed by atoms with van der Waals surface area (Å²) in [6.45, 7) is 4.10. The minimum Gasteiger partial charge on any atom is -0.352 e. The molecule has 0 saturated carbocycles. The molecule has 0 spiro atoms. The van der Waals surface area contributed by atoms with E-state index in [1.807, 2.05) is 18.4 Å². The van der Waals surface area contributed by atoms with Crippen LogP contribution in [0.25, 0.3) is 0 Å². The Labute approximate surface area is 151 Å². The predicted octanol–water partition coefficient (Wildman–Crippen LogP) is 3.50. The van der Waals surface area contributed by atoms with Crippen LogP contribution in [0.15, 0.2) is 23.4 Å². The highest BCUT2D eigenvalue weighted by molar-refractivity contribution is 8.00. The van der Waals surface area contributed by atoms with Crippen molar-refractivity contribution in [3.63, 3.8) is 0 Å². The van der Waals surface area contributed by atoms with Gasteiger partial charge < -0.3 is 9.88 Å². The van der Waals surface area contributed by atoms with Gasteiger partial charge in [-0.15, -0.1) is 0 Å². The molecule has 6 nitrogen and oxygen atoms in total. The lowest BCUT2D eigenvalue weighted by Crippen LogP contribution is -2.27. The fraction of sp³-hybridized carbons (Fsp3) is 0.429. The summed E-state index contributed by atoms with van der Waals surface area (Å²) in [5, 5.41) is 9.00. The normalized spacial score (nSPS) is 11.8. The zero-order chi connectivity index (χ0) is 18.6. The van der Waals surface area contributed by atoms with Gasteiger partial charge in [0.05, 0.1) is 5.56 Å². The third kappa shape index (κ3) is 5.30. The second kappa shape index (κ2) is 8.00. The second-order valence-corrected chi connectivity index (χ2v) is 6.76. The number of pyridine rings is 1. The molecule has 0 radical (unpaired) electrons. The minimum atomic E-state index is -4.51. The molecule has 0 atom stereocenters. The van der Waals surface area contributed by atoms with Crippen LogP contribution in [0.3, 0.4) is 0 Å². The molecule has 0 fully saturated rings. The van der Waals surface area contributed by atoms with Gasteiger partial charge in [-0.1, -0.05) is 0 Å². The Balaban J connectivity index is 2.03. The average molecular weight is 391 g/mol. The van der Waals surface area contributed by atoms with Crippen molar-refractivity contribution in [3.8, 4) is 0 Å². The van der Waals surface area contributed by atoms with E-state index in [-0.39, 0.29) is 23.2 Å². The largest absolute Gasteiger partial charge is 0.447 e. The lowest BCUT2D eigenvalue weighted by atomic mass is 10.2. The fourth-order valence-corrected chi connectivity index (χ4v) is 3.15. The van der Waals surface area contributed by atoms with E-state index in [0.717, 1.165) is 0 Å². The predicted molar refractivity (Wildman–Crippen MR) is 90.0 cm³/mol. The van der Waals surface area contributed by atoms with Crippen molar-refractivity contribution in [2.24, 2.45) is 0 Å². The van der Waals surface area contributed by atoms with Crippen LogP contribution >= 0.6 is 24.0 Å². The van der Waals surface area contributed by atoms with Crippen LogP contribution in [0.5, 0.6) is 0 Å². The molecule has 0 aromatic carbocycles. The number of H-pyrrole nitrogens is 1. The molecule has 11 heteroatoms. The number of nitrogens with zero attached hydrogens (tertiary/aromatic N) is 3. The highest BCUT2D eigenvalue weighted by Crippen LogP contribution is 2.37. The Hall–Kier alpha value is -1.88. The molecule has 0 aliphatic rings. The zero-order valence-corrected chi connectivity index (χ0v) is 15.1. The second-order valence-electron chi connectivity index (χ2n) is 5.32. The first-order chi connectivity index (χ1) is 11.7. The molecular weight excluding hydrogens is 375 g/mol. The number of alkyl halides is 3. The van der Waals surface area contributed by atoms with Crippen LogP contribution < -0.4 is 5.32 Å². The summed E-state index contributed by atoms with van der Waals surface area (Å²) in [5.74, 6) is 0.0430. The van der Waals surface area contributed by atoms with E-state index in [1.165, 1.54) is 18.3 Å². The van der Waals surface area contributed by atoms with Gasteiger partial charge in [-0.05, 0) is 38.2 Å². The number of carbonyl (C=O) groups is 1. The lowest BCUT2D eigenvalue weighted by Gasteiger charge is -2.12. The van der Waals surface area contributed by atoms with Crippen LogP contribution in [-0.4, -0.2) is 37.7 Å². The zero-order valence-electron chi connectivity index (χ0n) is 13.4. The standard InChI is InChI=1S/C14H16F3N5OS2/c1-8(2)22-10(20-21-13(22)24)5-7-18-11(23)9-4-3-6-19-12(9)25-14(15,16)17/h3-4,6,8H,5,7H2,1-2H3,(H,18,23)(H,21,24). The fourth-order valence-electron chi connectivity index (χ4n) is 2.18. The topological polar surface area (TPSA) is 75.6 Å². The lowest BCUT2D eigenvalue weighted by molar-refractivity contribution is -0.0329. The van der Waals surface area contributed by atoms with Crippen LogP contribution in [0, 0.1) is 4.77 Å². The summed E-state index contributed by atoms with van der Waals surface area (Å²) in [6.07, 6.45) is 1.60. The molecule has 0 aliphatic heterocycles. The van der Waals surface area contributed by atoms with E-state index in [2.05, 4.69) is 20.5 Å². The van der Waals surface area contributed by atoms with Crippen molar-refractivity contribution < 1.29 is 18.0 Å². The smallest absolute Gasteiger partial charge is 0.352 e.